The lowest BCUT2D eigenvalue weighted by molar-refractivity contribution is 0.341. The molecule has 5 heteroatoms. The molecule has 2 N–H and O–H groups in total. The Morgan fingerprint density at radius 3 is 2.84 bits per heavy atom. The van der Waals surface area contributed by atoms with Gasteiger partial charge in [0.15, 0.2) is 0 Å². The van der Waals surface area contributed by atoms with E-state index >= 15 is 0 Å². The molecule has 0 aromatic heterocycles. The van der Waals surface area contributed by atoms with Crippen molar-refractivity contribution in [3.05, 3.63) is 29.8 Å². The van der Waals surface area contributed by atoms with Crippen molar-refractivity contribution in [1.29, 1.82) is 0 Å². The quantitative estimate of drug-likeness (QED) is 0.866. The topological polar surface area (TPSA) is 63.4 Å². The Bertz CT molecular complexity index is 528. The molecule has 19 heavy (non-hydrogen) atoms. The molecule has 1 unspecified atom stereocenters. The lowest BCUT2D eigenvalue weighted by Gasteiger charge is -2.26. The molecule has 0 radical (unpaired) electrons. The summed E-state index contributed by atoms with van der Waals surface area (Å²) in [5.41, 5.74) is 7.07. The molecule has 1 saturated heterocycles. The summed E-state index contributed by atoms with van der Waals surface area (Å²) in [7, 11) is -3.25. The largest absolute Gasteiger partial charge is 0.399 e. The number of nitrogens with two attached hydrogens (primary N) is 1. The van der Waals surface area contributed by atoms with Crippen LogP contribution in [0.2, 0.25) is 0 Å². The second kappa shape index (κ2) is 5.92. The number of nitrogens with zero attached hydrogens (tertiary/aromatic N) is 1. The smallest absolute Gasteiger partial charge is 0.218 e. The predicted molar refractivity (Wildman–Crippen MR) is 78.1 cm³/mol. The van der Waals surface area contributed by atoms with Gasteiger partial charge in [0.05, 0.1) is 5.75 Å². The first kappa shape index (κ1) is 14.3. The summed E-state index contributed by atoms with van der Waals surface area (Å²) in [6.07, 6.45) is 4.15. The molecule has 1 fully saturated rings. The lowest BCUT2D eigenvalue weighted by Crippen LogP contribution is -2.38. The average Bonchev–Trinajstić information content (AvgIpc) is 2.53. The second-order valence-electron chi connectivity index (χ2n) is 5.31. The fraction of sp³-hybridized carbons (Fsp3) is 0.571. The minimum Gasteiger partial charge on any atom is -0.399 e. The van der Waals surface area contributed by atoms with Gasteiger partial charge in [0.25, 0.3) is 0 Å². The molecule has 2 rings (SSSR count). The predicted octanol–water partition coefficient (Wildman–Crippen LogP) is 2.36. The number of rotatable bonds is 3. The highest BCUT2D eigenvalue weighted by molar-refractivity contribution is 7.88. The zero-order valence-corrected chi connectivity index (χ0v) is 12.2. The molecule has 0 amide bonds. The van der Waals surface area contributed by atoms with Gasteiger partial charge < -0.3 is 5.73 Å². The van der Waals surface area contributed by atoms with Crippen LogP contribution < -0.4 is 5.73 Å². The standard InChI is InChI=1S/C14H22N2O2S/c1-12-6-3-2-4-9-16(12)19(17,18)11-13-7-5-8-14(15)10-13/h5,7-8,10,12H,2-4,6,9,11,15H2,1H3. The zero-order chi connectivity index (χ0) is 13.9. The van der Waals surface area contributed by atoms with E-state index < -0.39 is 10.0 Å². The van der Waals surface area contributed by atoms with Crippen LogP contribution in [0.1, 0.15) is 38.2 Å². The molecule has 1 aliphatic rings. The van der Waals surface area contributed by atoms with Gasteiger partial charge in [-0.05, 0) is 37.5 Å². The number of nitrogen functional groups attached to an aromatic ring is 1. The molecule has 1 aromatic rings. The van der Waals surface area contributed by atoms with Crippen molar-refractivity contribution in [2.24, 2.45) is 0 Å². The minimum absolute atomic E-state index is 0.0440. The minimum atomic E-state index is -3.25. The lowest BCUT2D eigenvalue weighted by atomic mass is 10.1. The van der Waals surface area contributed by atoms with Crippen molar-refractivity contribution in [2.75, 3.05) is 12.3 Å². The first-order valence-electron chi connectivity index (χ1n) is 6.83. The van der Waals surface area contributed by atoms with Crippen LogP contribution in [-0.2, 0) is 15.8 Å². The van der Waals surface area contributed by atoms with Gasteiger partial charge in [0.2, 0.25) is 10.0 Å². The number of hydrogen-bond acceptors (Lipinski definition) is 3. The number of hydrogen-bond donors (Lipinski definition) is 1. The van der Waals surface area contributed by atoms with Gasteiger partial charge in [-0.3, -0.25) is 0 Å². The number of sulfonamides is 1. The van der Waals surface area contributed by atoms with Gasteiger partial charge >= 0.3 is 0 Å². The fourth-order valence-corrected chi connectivity index (χ4v) is 4.47. The van der Waals surface area contributed by atoms with Gasteiger partial charge in [0, 0.05) is 18.3 Å². The molecule has 0 aliphatic carbocycles. The monoisotopic (exact) mass is 282 g/mol. The van der Waals surface area contributed by atoms with E-state index in [1.807, 2.05) is 13.0 Å². The van der Waals surface area contributed by atoms with E-state index in [0.29, 0.717) is 12.2 Å². The van der Waals surface area contributed by atoms with E-state index in [4.69, 9.17) is 5.73 Å². The Labute approximate surface area is 115 Å². The van der Waals surface area contributed by atoms with Crippen LogP contribution >= 0.6 is 0 Å². The maximum atomic E-state index is 12.5. The summed E-state index contributed by atoms with van der Waals surface area (Å²) in [6, 6.07) is 7.22. The SMILES string of the molecule is CC1CCCCCN1S(=O)(=O)Cc1cccc(N)c1. The van der Waals surface area contributed by atoms with Gasteiger partial charge in [-0.25, -0.2) is 8.42 Å². The summed E-state index contributed by atoms with van der Waals surface area (Å²) in [5.74, 6) is 0.0440. The summed E-state index contributed by atoms with van der Waals surface area (Å²) < 4.78 is 26.7. The van der Waals surface area contributed by atoms with Gasteiger partial charge in [-0.1, -0.05) is 25.0 Å². The molecule has 1 heterocycles. The third kappa shape index (κ3) is 3.70. The van der Waals surface area contributed by atoms with Crippen molar-refractivity contribution < 1.29 is 8.42 Å². The highest BCUT2D eigenvalue weighted by Crippen LogP contribution is 2.22. The van der Waals surface area contributed by atoms with Crippen molar-refractivity contribution in [1.82, 2.24) is 4.31 Å². The van der Waals surface area contributed by atoms with Crippen LogP contribution in [0, 0.1) is 0 Å². The molecular formula is C14H22N2O2S. The summed E-state index contributed by atoms with van der Waals surface area (Å²) >= 11 is 0. The first-order valence-corrected chi connectivity index (χ1v) is 8.44. The van der Waals surface area contributed by atoms with Crippen LogP contribution in [-0.4, -0.2) is 25.3 Å². The maximum absolute atomic E-state index is 12.5. The van der Waals surface area contributed by atoms with Crippen LogP contribution in [0.3, 0.4) is 0 Å². The summed E-state index contributed by atoms with van der Waals surface area (Å²) in [5, 5.41) is 0. The van der Waals surface area contributed by atoms with Gasteiger partial charge in [0.1, 0.15) is 0 Å². The van der Waals surface area contributed by atoms with Crippen molar-refractivity contribution >= 4 is 15.7 Å². The molecule has 106 valence electrons. The van der Waals surface area contributed by atoms with Gasteiger partial charge in [-0.15, -0.1) is 0 Å². The zero-order valence-electron chi connectivity index (χ0n) is 11.4. The van der Waals surface area contributed by atoms with Gasteiger partial charge in [-0.2, -0.15) is 4.31 Å². The Morgan fingerprint density at radius 2 is 2.11 bits per heavy atom. The molecule has 0 spiro atoms. The Morgan fingerprint density at radius 1 is 1.32 bits per heavy atom. The van der Waals surface area contributed by atoms with E-state index in [9.17, 15) is 8.42 Å². The Hall–Kier alpha value is -1.07. The van der Waals surface area contributed by atoms with Crippen molar-refractivity contribution in [3.8, 4) is 0 Å². The Kier molecular flexibility index (Phi) is 4.47. The van der Waals surface area contributed by atoms with E-state index in [0.717, 1.165) is 31.2 Å². The van der Waals surface area contributed by atoms with E-state index in [2.05, 4.69) is 0 Å². The third-order valence-corrected chi connectivity index (χ3v) is 5.60. The van der Waals surface area contributed by atoms with Crippen LogP contribution in [0.4, 0.5) is 5.69 Å². The van der Waals surface area contributed by atoms with E-state index in [1.165, 1.54) is 0 Å². The second-order valence-corrected chi connectivity index (χ2v) is 7.23. The summed E-state index contributed by atoms with van der Waals surface area (Å²) in [4.78, 5) is 0. The summed E-state index contributed by atoms with van der Waals surface area (Å²) in [6.45, 7) is 2.65. The molecule has 1 aromatic carbocycles. The number of anilines is 1. The van der Waals surface area contributed by atoms with Crippen molar-refractivity contribution in [3.63, 3.8) is 0 Å². The number of benzene rings is 1. The molecule has 4 nitrogen and oxygen atoms in total. The first-order chi connectivity index (χ1) is 8.99. The van der Waals surface area contributed by atoms with Crippen LogP contribution in [0.15, 0.2) is 24.3 Å². The molecule has 0 saturated carbocycles. The third-order valence-electron chi connectivity index (χ3n) is 3.65. The highest BCUT2D eigenvalue weighted by atomic mass is 32.2. The molecule has 1 aliphatic heterocycles. The molecule has 0 bridgehead atoms. The van der Waals surface area contributed by atoms with Crippen LogP contribution in [0.25, 0.3) is 0 Å². The maximum Gasteiger partial charge on any atom is 0.218 e. The fourth-order valence-electron chi connectivity index (χ4n) is 2.64. The molecule has 1 atom stereocenters. The van der Waals surface area contributed by atoms with E-state index in [1.54, 1.807) is 22.5 Å². The Balaban J connectivity index is 2.17. The molecular weight excluding hydrogens is 260 g/mol. The highest BCUT2D eigenvalue weighted by Gasteiger charge is 2.28. The normalized spacial score (nSPS) is 22.1. The van der Waals surface area contributed by atoms with Crippen molar-refractivity contribution in [2.45, 2.75) is 44.4 Å². The van der Waals surface area contributed by atoms with E-state index in [-0.39, 0.29) is 11.8 Å². The van der Waals surface area contributed by atoms with Crippen LogP contribution in [0.5, 0.6) is 0 Å². The average molecular weight is 282 g/mol.